The quantitative estimate of drug-likeness (QED) is 0.578. The highest BCUT2D eigenvalue weighted by Gasteiger charge is 2.46. The van der Waals surface area contributed by atoms with Crippen molar-refractivity contribution in [2.45, 2.75) is 89.2 Å². The molecule has 0 amide bonds. The molecule has 1 saturated carbocycles. The SMILES string of the molecule is CCN1CCCC1CN1C(N)N(c2cccc3cccnc23)C(N)N(C2CCCCCC2)C1N. The Bertz CT molecular complexity index is 940. The van der Waals surface area contributed by atoms with Gasteiger partial charge in [-0.25, -0.2) is 9.80 Å². The summed E-state index contributed by atoms with van der Waals surface area (Å²) in [4.78, 5) is 14.1. The first-order chi connectivity index (χ1) is 16.6. The van der Waals surface area contributed by atoms with Crippen LogP contribution in [0.25, 0.3) is 10.9 Å². The molecule has 8 nitrogen and oxygen atoms in total. The molecule has 2 aliphatic heterocycles. The Balaban J connectivity index is 1.54. The van der Waals surface area contributed by atoms with Crippen molar-refractivity contribution < 1.29 is 0 Å². The molecule has 4 unspecified atom stereocenters. The molecule has 2 aromatic rings. The summed E-state index contributed by atoms with van der Waals surface area (Å²) in [6.45, 7) is 5.31. The van der Waals surface area contributed by atoms with Gasteiger partial charge in [0.25, 0.3) is 0 Å². The molecule has 0 spiro atoms. The van der Waals surface area contributed by atoms with Crippen molar-refractivity contribution >= 4 is 16.6 Å². The summed E-state index contributed by atoms with van der Waals surface area (Å²) in [5, 5.41) is 1.09. The van der Waals surface area contributed by atoms with Crippen LogP contribution in [0.3, 0.4) is 0 Å². The number of hydrogen-bond donors (Lipinski definition) is 3. The lowest BCUT2D eigenvalue weighted by Gasteiger charge is -2.57. The van der Waals surface area contributed by atoms with E-state index in [-0.39, 0.29) is 6.29 Å². The number of para-hydroxylation sites is 1. The zero-order valence-corrected chi connectivity index (χ0v) is 20.6. The van der Waals surface area contributed by atoms with Crippen LogP contribution in [-0.4, -0.2) is 70.3 Å². The molecule has 1 aromatic heterocycles. The number of nitrogens with two attached hydrogens (primary N) is 3. The van der Waals surface area contributed by atoms with Gasteiger partial charge < -0.3 is 10.6 Å². The second-order valence-electron chi connectivity index (χ2n) is 10.2. The lowest BCUT2D eigenvalue weighted by Crippen LogP contribution is -2.80. The van der Waals surface area contributed by atoms with E-state index in [1.54, 1.807) is 0 Å². The summed E-state index contributed by atoms with van der Waals surface area (Å²) < 4.78 is 0. The molecule has 6 N–H and O–H groups in total. The van der Waals surface area contributed by atoms with E-state index < -0.39 is 12.6 Å². The number of likely N-dealkylation sites (N-methyl/N-ethyl adjacent to an activating group) is 1. The minimum Gasteiger partial charge on any atom is -0.313 e. The van der Waals surface area contributed by atoms with Crippen LogP contribution in [0.1, 0.15) is 58.3 Å². The van der Waals surface area contributed by atoms with Gasteiger partial charge in [0.2, 0.25) is 0 Å². The number of pyridine rings is 1. The Hall–Kier alpha value is -1.81. The van der Waals surface area contributed by atoms with E-state index in [2.05, 4.69) is 50.8 Å². The zero-order chi connectivity index (χ0) is 23.7. The molecule has 3 fully saturated rings. The van der Waals surface area contributed by atoms with E-state index in [1.807, 2.05) is 12.3 Å². The Morgan fingerprint density at radius 2 is 1.65 bits per heavy atom. The van der Waals surface area contributed by atoms with Crippen LogP contribution < -0.4 is 22.1 Å². The third-order valence-corrected chi connectivity index (χ3v) is 8.32. The predicted octanol–water partition coefficient (Wildman–Crippen LogP) is 2.59. The number of rotatable bonds is 5. The Morgan fingerprint density at radius 3 is 2.41 bits per heavy atom. The second kappa shape index (κ2) is 10.4. The topological polar surface area (TPSA) is 104 Å². The monoisotopic (exact) mass is 466 g/mol. The zero-order valence-electron chi connectivity index (χ0n) is 20.6. The van der Waals surface area contributed by atoms with Crippen molar-refractivity contribution in [1.82, 2.24) is 19.7 Å². The summed E-state index contributed by atoms with van der Waals surface area (Å²) >= 11 is 0. The lowest BCUT2D eigenvalue weighted by molar-refractivity contribution is -0.0916. The molecule has 3 heterocycles. The van der Waals surface area contributed by atoms with Crippen LogP contribution in [0.4, 0.5) is 5.69 Å². The number of likely N-dealkylation sites (tertiary alicyclic amines) is 1. The molecule has 4 atom stereocenters. The molecule has 186 valence electrons. The summed E-state index contributed by atoms with van der Waals surface area (Å²) in [6, 6.07) is 11.2. The minimum atomic E-state index is -0.418. The van der Waals surface area contributed by atoms with Gasteiger partial charge in [-0.1, -0.05) is 50.8 Å². The first-order valence-corrected chi connectivity index (χ1v) is 13.3. The molecule has 1 aliphatic carbocycles. The van der Waals surface area contributed by atoms with Gasteiger partial charge >= 0.3 is 0 Å². The fourth-order valence-electron chi connectivity index (χ4n) is 6.49. The number of aromatic nitrogens is 1. The first kappa shape index (κ1) is 23.9. The van der Waals surface area contributed by atoms with Crippen molar-refractivity contribution in [1.29, 1.82) is 0 Å². The number of benzene rings is 1. The third kappa shape index (κ3) is 4.43. The van der Waals surface area contributed by atoms with E-state index in [4.69, 9.17) is 22.2 Å². The van der Waals surface area contributed by atoms with Gasteiger partial charge in [0.1, 0.15) is 18.9 Å². The van der Waals surface area contributed by atoms with Crippen LogP contribution >= 0.6 is 0 Å². The van der Waals surface area contributed by atoms with Crippen molar-refractivity contribution in [3.05, 3.63) is 36.5 Å². The normalized spacial score (nSPS) is 30.8. The maximum Gasteiger partial charge on any atom is 0.139 e. The fourth-order valence-corrected chi connectivity index (χ4v) is 6.49. The standard InChI is InChI=1S/C26H42N8/c1-2-31-17-9-14-21(31)18-32-24(27)33(20-12-5-3-4-6-13-20)26(29)34(25(32)28)22-15-7-10-19-11-8-16-30-23(19)22/h7-8,10-11,15-16,20-21,24-26H,2-6,9,12-14,17-18,27-29H2,1H3. The average Bonchev–Trinajstić information content (AvgIpc) is 3.14. The van der Waals surface area contributed by atoms with E-state index in [0.29, 0.717) is 12.1 Å². The molecule has 3 aliphatic rings. The van der Waals surface area contributed by atoms with Gasteiger partial charge in [-0.15, -0.1) is 0 Å². The predicted molar refractivity (Wildman–Crippen MR) is 138 cm³/mol. The fraction of sp³-hybridized carbons (Fsp3) is 0.654. The van der Waals surface area contributed by atoms with Gasteiger partial charge in [0, 0.05) is 30.2 Å². The van der Waals surface area contributed by atoms with Gasteiger partial charge in [-0.05, 0) is 50.9 Å². The van der Waals surface area contributed by atoms with Crippen LogP contribution in [0.2, 0.25) is 0 Å². The lowest BCUT2D eigenvalue weighted by atomic mass is 10.1. The maximum atomic E-state index is 7.06. The largest absolute Gasteiger partial charge is 0.313 e. The third-order valence-electron chi connectivity index (χ3n) is 8.32. The molecular weight excluding hydrogens is 424 g/mol. The van der Waals surface area contributed by atoms with Crippen molar-refractivity contribution in [2.75, 3.05) is 24.5 Å². The van der Waals surface area contributed by atoms with Crippen LogP contribution in [0, 0.1) is 0 Å². The Morgan fingerprint density at radius 1 is 0.882 bits per heavy atom. The molecule has 8 heteroatoms. The van der Waals surface area contributed by atoms with Crippen molar-refractivity contribution in [3.8, 4) is 0 Å². The van der Waals surface area contributed by atoms with Crippen LogP contribution in [0.5, 0.6) is 0 Å². The van der Waals surface area contributed by atoms with E-state index in [9.17, 15) is 0 Å². The molecule has 0 bridgehead atoms. The number of fused-ring (bicyclic) bond motifs is 1. The van der Waals surface area contributed by atoms with Crippen LogP contribution in [-0.2, 0) is 0 Å². The highest BCUT2D eigenvalue weighted by molar-refractivity contribution is 5.90. The summed E-state index contributed by atoms with van der Waals surface area (Å²) in [7, 11) is 0. The summed E-state index contributed by atoms with van der Waals surface area (Å²) in [6.07, 6.45) is 10.5. The van der Waals surface area contributed by atoms with Gasteiger partial charge in [0.15, 0.2) is 0 Å². The Kier molecular flexibility index (Phi) is 7.34. The van der Waals surface area contributed by atoms with Crippen LogP contribution in [0.15, 0.2) is 36.5 Å². The first-order valence-electron chi connectivity index (χ1n) is 13.3. The number of anilines is 1. The molecule has 5 rings (SSSR count). The second-order valence-corrected chi connectivity index (χ2v) is 10.2. The summed E-state index contributed by atoms with van der Waals surface area (Å²) in [5.41, 5.74) is 23.0. The number of hydrogen-bond acceptors (Lipinski definition) is 8. The molecule has 34 heavy (non-hydrogen) atoms. The van der Waals surface area contributed by atoms with Gasteiger partial charge in [-0.2, -0.15) is 0 Å². The highest BCUT2D eigenvalue weighted by atomic mass is 15.7. The molecule has 2 saturated heterocycles. The summed E-state index contributed by atoms with van der Waals surface area (Å²) in [5.74, 6) is 0. The Labute approximate surface area is 204 Å². The molecular formula is C26H42N8. The van der Waals surface area contributed by atoms with E-state index >= 15 is 0 Å². The minimum absolute atomic E-state index is 0.299. The van der Waals surface area contributed by atoms with E-state index in [1.165, 1.54) is 38.5 Å². The van der Waals surface area contributed by atoms with E-state index in [0.717, 1.165) is 49.1 Å². The maximum absolute atomic E-state index is 7.06. The van der Waals surface area contributed by atoms with Crippen molar-refractivity contribution in [3.63, 3.8) is 0 Å². The number of nitrogens with zero attached hydrogens (tertiary/aromatic N) is 5. The van der Waals surface area contributed by atoms with Gasteiger partial charge in [0.05, 0.1) is 11.2 Å². The highest BCUT2D eigenvalue weighted by Crippen LogP contribution is 2.35. The average molecular weight is 467 g/mol. The van der Waals surface area contributed by atoms with Gasteiger partial charge in [-0.3, -0.25) is 21.4 Å². The molecule has 0 radical (unpaired) electrons. The smallest absolute Gasteiger partial charge is 0.139 e. The van der Waals surface area contributed by atoms with Crippen molar-refractivity contribution in [2.24, 2.45) is 17.2 Å². The molecule has 1 aromatic carbocycles.